The van der Waals surface area contributed by atoms with E-state index < -0.39 is 0 Å². The Morgan fingerprint density at radius 2 is 2.00 bits per heavy atom. The van der Waals surface area contributed by atoms with Gasteiger partial charge in [-0.25, -0.2) is 9.98 Å². The molecule has 0 radical (unpaired) electrons. The van der Waals surface area contributed by atoms with Crippen molar-refractivity contribution in [1.82, 2.24) is 25.4 Å². The highest BCUT2D eigenvalue weighted by Crippen LogP contribution is 2.29. The molecule has 1 aromatic heterocycles. The van der Waals surface area contributed by atoms with Crippen molar-refractivity contribution in [3.8, 4) is 0 Å². The Balaban J connectivity index is 2.05. The van der Waals surface area contributed by atoms with Crippen LogP contribution in [-0.2, 0) is 19.0 Å². The molecule has 0 fully saturated rings. The van der Waals surface area contributed by atoms with E-state index in [2.05, 4.69) is 39.6 Å². The van der Waals surface area contributed by atoms with E-state index in [0.717, 1.165) is 23.9 Å². The molecule has 2 N–H and O–H groups in total. The van der Waals surface area contributed by atoms with Gasteiger partial charge in [0.15, 0.2) is 5.96 Å². The van der Waals surface area contributed by atoms with Crippen LogP contribution in [0.25, 0.3) is 0 Å². The fourth-order valence-electron chi connectivity index (χ4n) is 2.28. The van der Waals surface area contributed by atoms with E-state index >= 15 is 0 Å². The Hall–Kier alpha value is -1.79. The minimum absolute atomic E-state index is 0.144. The number of halogens is 2. The van der Waals surface area contributed by atoms with Gasteiger partial charge in [0.2, 0.25) is 0 Å². The molecule has 2 rings (SSSR count). The number of aromatic nitrogens is 3. The summed E-state index contributed by atoms with van der Waals surface area (Å²) in [7, 11) is 1.85. The van der Waals surface area contributed by atoms with Crippen molar-refractivity contribution in [3.05, 3.63) is 46.0 Å². The first-order valence-corrected chi connectivity index (χ1v) is 8.89. The predicted octanol–water partition coefficient (Wildman–Crippen LogP) is 3.15. The third kappa shape index (κ3) is 5.34. The monoisotopic (exact) mass is 382 g/mol. The Labute approximate surface area is 158 Å². The van der Waals surface area contributed by atoms with Crippen molar-refractivity contribution in [2.24, 2.45) is 12.0 Å². The Morgan fingerprint density at radius 1 is 1.24 bits per heavy atom. The average Bonchev–Trinajstić information content (AvgIpc) is 2.98. The van der Waals surface area contributed by atoms with Crippen LogP contribution in [0, 0.1) is 0 Å². The lowest BCUT2D eigenvalue weighted by Crippen LogP contribution is -2.43. The van der Waals surface area contributed by atoms with Crippen LogP contribution in [0.3, 0.4) is 0 Å². The molecule has 2 aromatic rings. The van der Waals surface area contributed by atoms with Crippen molar-refractivity contribution in [3.63, 3.8) is 0 Å². The third-order valence-electron chi connectivity index (χ3n) is 3.93. The van der Waals surface area contributed by atoms with Gasteiger partial charge in [-0.3, -0.25) is 4.68 Å². The summed E-state index contributed by atoms with van der Waals surface area (Å²) in [5.74, 6) is 1.54. The molecule has 0 bridgehead atoms. The van der Waals surface area contributed by atoms with Crippen molar-refractivity contribution >= 4 is 29.2 Å². The number of benzene rings is 1. The van der Waals surface area contributed by atoms with Crippen LogP contribution in [0.5, 0.6) is 0 Å². The lowest BCUT2D eigenvalue weighted by Gasteiger charge is -2.27. The number of nitrogens with zero attached hydrogens (tertiary/aromatic N) is 4. The van der Waals surface area contributed by atoms with Gasteiger partial charge >= 0.3 is 0 Å². The van der Waals surface area contributed by atoms with E-state index in [0.29, 0.717) is 23.1 Å². The molecule has 0 atom stereocenters. The van der Waals surface area contributed by atoms with Crippen LogP contribution in [0.15, 0.2) is 29.5 Å². The standard InChI is InChI=1S/C17H24Cl2N6/c1-5-20-16(21-9-15-23-11-24-25(15)4)22-10-17(2,3)12-6-7-13(18)14(19)8-12/h6-8,11H,5,9-10H2,1-4H3,(H2,20,21,22). The van der Waals surface area contributed by atoms with E-state index in [1.165, 1.54) is 6.33 Å². The van der Waals surface area contributed by atoms with Crippen molar-refractivity contribution in [2.75, 3.05) is 13.1 Å². The molecule has 0 unspecified atom stereocenters. The zero-order valence-corrected chi connectivity index (χ0v) is 16.5. The second-order valence-corrected chi connectivity index (χ2v) is 7.18. The predicted molar refractivity (Wildman–Crippen MR) is 103 cm³/mol. The Kier molecular flexibility index (Phi) is 6.67. The first-order chi connectivity index (χ1) is 11.8. The van der Waals surface area contributed by atoms with Crippen LogP contribution in [0.2, 0.25) is 10.0 Å². The number of hydrogen-bond acceptors (Lipinski definition) is 3. The molecule has 1 heterocycles. The molecule has 136 valence electrons. The van der Waals surface area contributed by atoms with Crippen LogP contribution >= 0.6 is 23.2 Å². The second kappa shape index (κ2) is 8.54. The van der Waals surface area contributed by atoms with Gasteiger partial charge in [0.05, 0.1) is 10.0 Å². The van der Waals surface area contributed by atoms with Crippen molar-refractivity contribution in [1.29, 1.82) is 0 Å². The number of aryl methyl sites for hydroxylation is 1. The number of rotatable bonds is 6. The van der Waals surface area contributed by atoms with Gasteiger partial charge in [0.1, 0.15) is 18.7 Å². The fourth-order valence-corrected chi connectivity index (χ4v) is 2.58. The molecular formula is C17H24Cl2N6. The van der Waals surface area contributed by atoms with E-state index in [9.17, 15) is 0 Å². The van der Waals surface area contributed by atoms with Crippen molar-refractivity contribution in [2.45, 2.75) is 32.7 Å². The van der Waals surface area contributed by atoms with Gasteiger partial charge in [0, 0.05) is 25.6 Å². The summed E-state index contributed by atoms with van der Waals surface area (Å²) in [5.41, 5.74) is 0.966. The number of guanidine groups is 1. The van der Waals surface area contributed by atoms with E-state index in [4.69, 9.17) is 23.2 Å². The number of nitrogens with one attached hydrogen (secondary N) is 2. The number of hydrogen-bond donors (Lipinski definition) is 2. The minimum atomic E-state index is -0.144. The molecule has 8 heteroatoms. The summed E-state index contributed by atoms with van der Waals surface area (Å²) in [6.07, 6.45) is 1.53. The molecule has 6 nitrogen and oxygen atoms in total. The third-order valence-corrected chi connectivity index (χ3v) is 4.67. The summed E-state index contributed by atoms with van der Waals surface area (Å²) in [5, 5.41) is 11.8. The van der Waals surface area contributed by atoms with Crippen molar-refractivity contribution < 1.29 is 0 Å². The molecule has 0 aliphatic rings. The maximum Gasteiger partial charge on any atom is 0.191 e. The van der Waals surface area contributed by atoms with Gasteiger partial charge < -0.3 is 10.6 Å². The van der Waals surface area contributed by atoms with Gasteiger partial charge in [0.25, 0.3) is 0 Å². The summed E-state index contributed by atoms with van der Waals surface area (Å²) < 4.78 is 1.71. The largest absolute Gasteiger partial charge is 0.357 e. The second-order valence-electron chi connectivity index (χ2n) is 6.36. The Morgan fingerprint density at radius 3 is 2.60 bits per heavy atom. The molecule has 0 saturated carbocycles. The van der Waals surface area contributed by atoms with Crippen LogP contribution in [0.4, 0.5) is 0 Å². The van der Waals surface area contributed by atoms with Crippen LogP contribution < -0.4 is 10.6 Å². The van der Waals surface area contributed by atoms with Gasteiger partial charge in [-0.05, 0) is 24.6 Å². The molecular weight excluding hydrogens is 359 g/mol. The van der Waals surface area contributed by atoms with Gasteiger partial charge in [-0.15, -0.1) is 0 Å². The molecule has 0 aliphatic heterocycles. The van der Waals surface area contributed by atoms with Crippen LogP contribution in [-0.4, -0.2) is 33.8 Å². The highest BCUT2D eigenvalue weighted by molar-refractivity contribution is 6.42. The zero-order chi connectivity index (χ0) is 18.4. The highest BCUT2D eigenvalue weighted by atomic mass is 35.5. The molecule has 0 saturated heterocycles. The summed E-state index contributed by atoms with van der Waals surface area (Å²) in [4.78, 5) is 8.75. The SMILES string of the molecule is CCNC(=NCc1ncnn1C)NCC(C)(C)c1ccc(Cl)c(Cl)c1. The van der Waals surface area contributed by atoms with Crippen LogP contribution in [0.1, 0.15) is 32.2 Å². The first kappa shape index (κ1) is 19.5. The average molecular weight is 383 g/mol. The quantitative estimate of drug-likeness (QED) is 0.594. The topological polar surface area (TPSA) is 67.1 Å². The molecule has 25 heavy (non-hydrogen) atoms. The molecule has 0 amide bonds. The van der Waals surface area contributed by atoms with E-state index in [1.54, 1.807) is 4.68 Å². The smallest absolute Gasteiger partial charge is 0.191 e. The van der Waals surface area contributed by atoms with E-state index in [1.807, 2.05) is 32.2 Å². The summed E-state index contributed by atoms with van der Waals surface area (Å²) in [6, 6.07) is 5.74. The minimum Gasteiger partial charge on any atom is -0.357 e. The lowest BCUT2D eigenvalue weighted by molar-refractivity contribution is 0.508. The molecule has 0 aliphatic carbocycles. The maximum absolute atomic E-state index is 6.15. The first-order valence-electron chi connectivity index (χ1n) is 8.14. The fraction of sp³-hybridized carbons (Fsp3) is 0.471. The van der Waals surface area contributed by atoms with Gasteiger partial charge in [-0.2, -0.15) is 5.10 Å². The summed E-state index contributed by atoms with van der Waals surface area (Å²) >= 11 is 12.2. The summed E-state index contributed by atoms with van der Waals surface area (Å²) in [6.45, 7) is 8.24. The lowest BCUT2D eigenvalue weighted by atomic mass is 9.84. The number of aliphatic imine (C=N–C) groups is 1. The zero-order valence-electron chi connectivity index (χ0n) is 15.0. The molecule has 0 spiro atoms. The highest BCUT2D eigenvalue weighted by Gasteiger charge is 2.22. The molecule has 1 aromatic carbocycles. The maximum atomic E-state index is 6.15. The van der Waals surface area contributed by atoms with Gasteiger partial charge in [-0.1, -0.05) is 43.1 Å². The normalized spacial score (nSPS) is 12.3. The Bertz CT molecular complexity index is 738. The van der Waals surface area contributed by atoms with E-state index in [-0.39, 0.29) is 5.41 Å².